The Morgan fingerprint density at radius 1 is 0.833 bits per heavy atom. The fourth-order valence-electron chi connectivity index (χ4n) is 2.68. The third kappa shape index (κ3) is 2.03. The molecule has 6 nitrogen and oxygen atoms in total. The van der Waals surface area contributed by atoms with Gasteiger partial charge in [-0.15, -0.1) is 0 Å². The Bertz CT molecular complexity index is 1010. The molecule has 3 aromatic rings. The molecule has 0 spiro atoms. The van der Waals surface area contributed by atoms with E-state index >= 15 is 0 Å². The topological polar surface area (TPSA) is 88.6 Å². The maximum absolute atomic E-state index is 9.26. The average molecular weight is 310 g/mol. The van der Waals surface area contributed by atoms with Crippen molar-refractivity contribution in [2.45, 2.75) is 0 Å². The first-order chi connectivity index (χ1) is 11.8. The number of hydrogen-bond donors (Lipinski definition) is 1. The summed E-state index contributed by atoms with van der Waals surface area (Å²) in [7, 11) is 0. The normalized spacial score (nSPS) is 11.5. The largest absolute Gasteiger partial charge is 0.335 e. The lowest BCUT2D eigenvalue weighted by Gasteiger charge is -2.32. The van der Waals surface area contributed by atoms with E-state index in [4.69, 9.17) is 0 Å². The Hall–Kier alpha value is -3.90. The monoisotopic (exact) mass is 310 g/mol. The van der Waals surface area contributed by atoms with Gasteiger partial charge in [-0.1, -0.05) is 30.3 Å². The lowest BCUT2D eigenvalue weighted by Crippen LogP contribution is -2.21. The SMILES string of the molecule is N#Cc1nc2c(nc1C#N)N(c1ccccc1)c1ccccc1N2. The van der Waals surface area contributed by atoms with Crippen LogP contribution in [0.3, 0.4) is 0 Å². The second-order valence-electron chi connectivity index (χ2n) is 5.13. The van der Waals surface area contributed by atoms with Crippen LogP contribution in [0.1, 0.15) is 11.4 Å². The standard InChI is InChI=1S/C18H10N6/c19-10-14-15(11-20)23-18-17(22-14)21-13-8-4-5-9-16(13)24(18)12-6-2-1-3-7-12/h1-9H,(H,21,22). The molecule has 0 bridgehead atoms. The summed E-state index contributed by atoms with van der Waals surface area (Å²) in [5.74, 6) is 0.948. The van der Waals surface area contributed by atoms with Gasteiger partial charge < -0.3 is 5.32 Å². The zero-order chi connectivity index (χ0) is 16.5. The van der Waals surface area contributed by atoms with Crippen molar-refractivity contribution < 1.29 is 0 Å². The number of fused-ring (bicyclic) bond motifs is 2. The molecule has 0 saturated heterocycles. The molecule has 0 unspecified atom stereocenters. The minimum Gasteiger partial charge on any atom is -0.335 e. The molecule has 1 aliphatic heterocycles. The van der Waals surface area contributed by atoms with Crippen molar-refractivity contribution >= 4 is 28.7 Å². The summed E-state index contributed by atoms with van der Waals surface area (Å²) in [4.78, 5) is 10.6. The van der Waals surface area contributed by atoms with Gasteiger partial charge in [0.2, 0.25) is 0 Å². The molecule has 112 valence electrons. The van der Waals surface area contributed by atoms with Crippen LogP contribution in [0.2, 0.25) is 0 Å². The molecule has 2 heterocycles. The van der Waals surface area contributed by atoms with Gasteiger partial charge in [0.25, 0.3) is 0 Å². The van der Waals surface area contributed by atoms with Gasteiger partial charge in [0.1, 0.15) is 12.1 Å². The van der Waals surface area contributed by atoms with E-state index in [1.165, 1.54) is 0 Å². The number of hydrogen-bond acceptors (Lipinski definition) is 6. The number of benzene rings is 2. The molecule has 24 heavy (non-hydrogen) atoms. The van der Waals surface area contributed by atoms with Crippen molar-refractivity contribution in [1.82, 2.24) is 9.97 Å². The number of rotatable bonds is 1. The van der Waals surface area contributed by atoms with E-state index in [2.05, 4.69) is 15.3 Å². The molecule has 0 saturated carbocycles. The highest BCUT2D eigenvalue weighted by molar-refractivity contribution is 5.93. The van der Waals surface area contributed by atoms with Crippen LogP contribution in [0.5, 0.6) is 0 Å². The molecule has 1 N–H and O–H groups in total. The minimum absolute atomic E-state index is 0.0103. The summed E-state index contributed by atoms with van der Waals surface area (Å²) in [6, 6.07) is 21.3. The first kappa shape index (κ1) is 13.7. The molecular weight excluding hydrogens is 300 g/mol. The number of nitrogens with zero attached hydrogens (tertiary/aromatic N) is 5. The zero-order valence-electron chi connectivity index (χ0n) is 12.4. The summed E-state index contributed by atoms with van der Waals surface area (Å²) >= 11 is 0. The third-order valence-electron chi connectivity index (χ3n) is 3.71. The summed E-state index contributed by atoms with van der Waals surface area (Å²) < 4.78 is 0. The van der Waals surface area contributed by atoms with Crippen LogP contribution in [0.15, 0.2) is 54.6 Å². The summed E-state index contributed by atoms with van der Waals surface area (Å²) in [6.07, 6.45) is 0. The lowest BCUT2D eigenvalue weighted by atomic mass is 10.1. The maximum Gasteiger partial charge on any atom is 0.182 e. The molecule has 1 aliphatic rings. The summed E-state index contributed by atoms with van der Waals surface area (Å²) in [6.45, 7) is 0. The highest BCUT2D eigenvalue weighted by atomic mass is 15.3. The summed E-state index contributed by atoms with van der Waals surface area (Å²) in [5, 5.41) is 21.6. The van der Waals surface area contributed by atoms with Crippen molar-refractivity contribution in [3.8, 4) is 12.1 Å². The van der Waals surface area contributed by atoms with Gasteiger partial charge in [-0.2, -0.15) is 10.5 Å². The minimum atomic E-state index is 0.0103. The zero-order valence-corrected chi connectivity index (χ0v) is 12.4. The van der Waals surface area contributed by atoms with Crippen LogP contribution in [0, 0.1) is 22.7 Å². The average Bonchev–Trinajstić information content (AvgIpc) is 2.65. The second-order valence-corrected chi connectivity index (χ2v) is 5.13. The Kier molecular flexibility index (Phi) is 3.08. The van der Waals surface area contributed by atoms with Crippen molar-refractivity contribution in [3.63, 3.8) is 0 Å². The van der Waals surface area contributed by atoms with Gasteiger partial charge in [0, 0.05) is 5.69 Å². The number of aromatic nitrogens is 2. The van der Waals surface area contributed by atoms with Crippen molar-refractivity contribution in [1.29, 1.82) is 10.5 Å². The number of nitrogens with one attached hydrogen (secondary N) is 1. The van der Waals surface area contributed by atoms with Crippen LogP contribution < -0.4 is 10.2 Å². The lowest BCUT2D eigenvalue weighted by molar-refractivity contribution is 1.07. The van der Waals surface area contributed by atoms with Crippen LogP contribution >= 0.6 is 0 Å². The van der Waals surface area contributed by atoms with E-state index in [9.17, 15) is 10.5 Å². The van der Waals surface area contributed by atoms with E-state index in [0.717, 1.165) is 17.1 Å². The fourth-order valence-corrected chi connectivity index (χ4v) is 2.68. The van der Waals surface area contributed by atoms with Gasteiger partial charge in [-0.25, -0.2) is 9.97 Å². The van der Waals surface area contributed by atoms with Crippen molar-refractivity contribution in [2.24, 2.45) is 0 Å². The van der Waals surface area contributed by atoms with E-state index in [-0.39, 0.29) is 11.4 Å². The predicted octanol–water partition coefficient (Wildman–Crippen LogP) is 3.75. The molecule has 6 heteroatoms. The smallest absolute Gasteiger partial charge is 0.182 e. The number of anilines is 5. The molecule has 1 aromatic heterocycles. The number of para-hydroxylation sites is 3. The highest BCUT2D eigenvalue weighted by Crippen LogP contribution is 2.45. The second kappa shape index (κ2) is 5.38. The quantitative estimate of drug-likeness (QED) is 0.576. The summed E-state index contributed by atoms with van der Waals surface area (Å²) in [5.41, 5.74) is 2.68. The Labute approximate surface area is 138 Å². The van der Waals surface area contributed by atoms with Gasteiger partial charge >= 0.3 is 0 Å². The van der Waals surface area contributed by atoms with Crippen molar-refractivity contribution in [2.75, 3.05) is 10.2 Å². The first-order valence-corrected chi connectivity index (χ1v) is 7.25. The highest BCUT2D eigenvalue weighted by Gasteiger charge is 2.27. The third-order valence-corrected chi connectivity index (χ3v) is 3.71. The van der Waals surface area contributed by atoms with Gasteiger partial charge in [0.15, 0.2) is 23.0 Å². The Morgan fingerprint density at radius 3 is 2.25 bits per heavy atom. The molecule has 2 aromatic carbocycles. The molecule has 0 atom stereocenters. The molecule has 0 radical (unpaired) electrons. The van der Waals surface area contributed by atoms with E-state index in [0.29, 0.717) is 11.6 Å². The molecule has 0 aliphatic carbocycles. The maximum atomic E-state index is 9.26. The first-order valence-electron chi connectivity index (χ1n) is 7.25. The molecule has 0 amide bonds. The Morgan fingerprint density at radius 2 is 1.50 bits per heavy atom. The molecular formula is C18H10N6. The fraction of sp³-hybridized carbons (Fsp3) is 0. The van der Waals surface area contributed by atoms with Gasteiger partial charge in [-0.05, 0) is 24.3 Å². The van der Waals surface area contributed by atoms with Crippen LogP contribution in [0.25, 0.3) is 0 Å². The van der Waals surface area contributed by atoms with Gasteiger partial charge in [0.05, 0.1) is 11.4 Å². The number of nitriles is 2. The van der Waals surface area contributed by atoms with Crippen molar-refractivity contribution in [3.05, 3.63) is 66.0 Å². The van der Waals surface area contributed by atoms with E-state index in [1.54, 1.807) is 0 Å². The molecule has 4 rings (SSSR count). The van der Waals surface area contributed by atoms with Crippen LogP contribution in [0.4, 0.5) is 28.7 Å². The van der Waals surface area contributed by atoms with E-state index in [1.807, 2.05) is 71.6 Å². The van der Waals surface area contributed by atoms with Crippen LogP contribution in [-0.4, -0.2) is 9.97 Å². The van der Waals surface area contributed by atoms with Crippen LogP contribution in [-0.2, 0) is 0 Å². The molecule has 0 fully saturated rings. The van der Waals surface area contributed by atoms with Gasteiger partial charge in [-0.3, -0.25) is 4.90 Å². The predicted molar refractivity (Wildman–Crippen MR) is 89.4 cm³/mol. The Balaban J connectivity index is 2.01. The van der Waals surface area contributed by atoms with E-state index < -0.39 is 0 Å².